The summed E-state index contributed by atoms with van der Waals surface area (Å²) in [7, 11) is 2.81. The van der Waals surface area contributed by atoms with E-state index in [2.05, 4.69) is 4.98 Å². The molecule has 7 heteroatoms. The monoisotopic (exact) mass is 291 g/mol. The fraction of sp³-hybridized carbons (Fsp3) is 0.250. The first-order valence-electron chi connectivity index (χ1n) is 5.16. The predicted octanol–water partition coefficient (Wildman–Crippen LogP) is 3.92. The van der Waals surface area contributed by atoms with Crippen LogP contribution in [0.25, 0.3) is 10.9 Å². The Hall–Kier alpha value is -1.69. The molecule has 1 aromatic heterocycles. The van der Waals surface area contributed by atoms with Crippen molar-refractivity contribution < 1.29 is 22.6 Å². The van der Waals surface area contributed by atoms with Crippen LogP contribution in [-0.2, 0) is 6.18 Å². The third-order valence-electron chi connectivity index (χ3n) is 2.61. The Bertz CT molecular complexity index is 628. The van der Waals surface area contributed by atoms with Crippen LogP contribution in [0, 0.1) is 0 Å². The zero-order chi connectivity index (χ0) is 14.2. The molecule has 0 N–H and O–H groups in total. The molecule has 102 valence electrons. The van der Waals surface area contributed by atoms with Crippen molar-refractivity contribution in [1.29, 1.82) is 0 Å². The molecule has 0 spiro atoms. The molecule has 19 heavy (non-hydrogen) atoms. The van der Waals surface area contributed by atoms with Crippen molar-refractivity contribution in [1.82, 2.24) is 4.98 Å². The van der Waals surface area contributed by atoms with E-state index in [1.165, 1.54) is 26.4 Å². The minimum absolute atomic E-state index is 0.161. The van der Waals surface area contributed by atoms with Crippen LogP contribution in [0.1, 0.15) is 5.56 Å². The average Bonchev–Trinajstić information content (AvgIpc) is 2.36. The van der Waals surface area contributed by atoms with E-state index in [-0.39, 0.29) is 11.1 Å². The van der Waals surface area contributed by atoms with Crippen LogP contribution in [0.15, 0.2) is 18.3 Å². The normalized spacial score (nSPS) is 11.7. The standard InChI is InChI=1S/C12H9ClF3NO2/c1-18-9-3-6-8(4-10(9)19-2)17-5-7(11(6)13)12(14,15)16/h3-5H,1-2H3. The molecule has 0 aliphatic carbocycles. The molecule has 0 saturated heterocycles. The number of aromatic nitrogens is 1. The first-order valence-corrected chi connectivity index (χ1v) is 5.53. The average molecular weight is 292 g/mol. The van der Waals surface area contributed by atoms with Crippen LogP contribution in [0.2, 0.25) is 5.02 Å². The van der Waals surface area contributed by atoms with Crippen molar-refractivity contribution in [3.05, 3.63) is 28.9 Å². The zero-order valence-electron chi connectivity index (χ0n) is 10.0. The van der Waals surface area contributed by atoms with E-state index in [0.29, 0.717) is 17.5 Å². The highest BCUT2D eigenvalue weighted by Crippen LogP contribution is 2.40. The van der Waals surface area contributed by atoms with Crippen LogP contribution in [0.4, 0.5) is 13.2 Å². The summed E-state index contributed by atoms with van der Waals surface area (Å²) in [6, 6.07) is 2.85. The summed E-state index contributed by atoms with van der Waals surface area (Å²) in [5, 5.41) is -0.243. The lowest BCUT2D eigenvalue weighted by Crippen LogP contribution is -2.07. The van der Waals surface area contributed by atoms with E-state index in [1.54, 1.807) is 0 Å². The fourth-order valence-corrected chi connectivity index (χ4v) is 1.99. The Labute approximate surface area is 111 Å². The van der Waals surface area contributed by atoms with E-state index in [1.807, 2.05) is 0 Å². The third kappa shape index (κ3) is 2.40. The Balaban J connectivity index is 2.76. The van der Waals surface area contributed by atoms with Crippen molar-refractivity contribution in [3.8, 4) is 11.5 Å². The molecule has 0 bridgehead atoms. The predicted molar refractivity (Wildman–Crippen MR) is 64.9 cm³/mol. The number of ether oxygens (including phenoxy) is 2. The highest BCUT2D eigenvalue weighted by atomic mass is 35.5. The van der Waals surface area contributed by atoms with Crippen LogP contribution in [-0.4, -0.2) is 19.2 Å². The molecule has 1 heterocycles. The Morgan fingerprint density at radius 3 is 2.21 bits per heavy atom. The largest absolute Gasteiger partial charge is 0.493 e. The number of rotatable bonds is 2. The summed E-state index contributed by atoms with van der Waals surface area (Å²) in [5.74, 6) is 0.663. The van der Waals surface area contributed by atoms with Gasteiger partial charge < -0.3 is 9.47 Å². The van der Waals surface area contributed by atoms with Gasteiger partial charge in [0.05, 0.1) is 30.3 Å². The lowest BCUT2D eigenvalue weighted by atomic mass is 10.1. The van der Waals surface area contributed by atoms with Crippen LogP contribution >= 0.6 is 11.6 Å². The van der Waals surface area contributed by atoms with Gasteiger partial charge in [-0.05, 0) is 6.07 Å². The molecule has 0 atom stereocenters. The first kappa shape index (κ1) is 13.7. The summed E-state index contributed by atoms with van der Waals surface area (Å²) in [5.41, 5.74) is -0.676. The molecule has 2 aromatic rings. The fourth-order valence-electron chi connectivity index (χ4n) is 1.68. The van der Waals surface area contributed by atoms with Gasteiger partial charge in [0.1, 0.15) is 0 Å². The molecule has 0 aliphatic rings. The molecule has 0 fully saturated rings. The van der Waals surface area contributed by atoms with Crippen LogP contribution in [0.5, 0.6) is 11.5 Å². The number of methoxy groups -OCH3 is 2. The van der Waals surface area contributed by atoms with E-state index < -0.39 is 16.8 Å². The van der Waals surface area contributed by atoms with Gasteiger partial charge >= 0.3 is 6.18 Å². The van der Waals surface area contributed by atoms with Gasteiger partial charge in [-0.25, -0.2) is 0 Å². The number of halogens is 4. The summed E-state index contributed by atoms with van der Waals surface area (Å²) >= 11 is 5.79. The van der Waals surface area contributed by atoms with Gasteiger partial charge in [-0.1, -0.05) is 11.6 Å². The number of pyridine rings is 1. The van der Waals surface area contributed by atoms with Gasteiger partial charge in [-0.3, -0.25) is 4.98 Å². The quantitative estimate of drug-likeness (QED) is 0.840. The van der Waals surface area contributed by atoms with E-state index in [9.17, 15) is 13.2 Å². The van der Waals surface area contributed by atoms with E-state index in [4.69, 9.17) is 21.1 Å². The summed E-state index contributed by atoms with van der Waals surface area (Å²) in [4.78, 5) is 3.75. The minimum Gasteiger partial charge on any atom is -0.493 e. The maximum absolute atomic E-state index is 12.7. The van der Waals surface area contributed by atoms with Crippen molar-refractivity contribution in [2.45, 2.75) is 6.18 Å². The van der Waals surface area contributed by atoms with Gasteiger partial charge in [-0.2, -0.15) is 13.2 Å². The van der Waals surface area contributed by atoms with Gasteiger partial charge in [0.15, 0.2) is 11.5 Å². The topological polar surface area (TPSA) is 31.4 Å². The van der Waals surface area contributed by atoms with Crippen molar-refractivity contribution in [3.63, 3.8) is 0 Å². The highest BCUT2D eigenvalue weighted by Gasteiger charge is 2.34. The first-order chi connectivity index (χ1) is 8.88. The Kier molecular flexibility index (Phi) is 3.45. The molecule has 2 rings (SSSR count). The molecule has 3 nitrogen and oxygen atoms in total. The van der Waals surface area contributed by atoms with E-state index >= 15 is 0 Å². The maximum atomic E-state index is 12.7. The molecule has 0 amide bonds. The SMILES string of the molecule is COc1cc2ncc(C(F)(F)F)c(Cl)c2cc1OC. The number of hydrogen-bond acceptors (Lipinski definition) is 3. The summed E-state index contributed by atoms with van der Waals surface area (Å²) in [6.07, 6.45) is -3.85. The van der Waals surface area contributed by atoms with Gasteiger partial charge in [0.2, 0.25) is 0 Å². The molecular weight excluding hydrogens is 283 g/mol. The van der Waals surface area contributed by atoms with Crippen molar-refractivity contribution >= 4 is 22.5 Å². The van der Waals surface area contributed by atoms with Gasteiger partial charge in [-0.15, -0.1) is 0 Å². The Morgan fingerprint density at radius 1 is 1.11 bits per heavy atom. The summed E-state index contributed by atoms with van der Waals surface area (Å²) in [6.45, 7) is 0. The highest BCUT2D eigenvalue weighted by molar-refractivity contribution is 6.36. The van der Waals surface area contributed by atoms with Crippen molar-refractivity contribution in [2.75, 3.05) is 14.2 Å². The third-order valence-corrected chi connectivity index (χ3v) is 3.02. The number of nitrogens with zero attached hydrogens (tertiary/aromatic N) is 1. The Morgan fingerprint density at radius 2 is 1.68 bits per heavy atom. The summed E-state index contributed by atoms with van der Waals surface area (Å²) < 4.78 is 48.3. The van der Waals surface area contributed by atoms with Crippen molar-refractivity contribution in [2.24, 2.45) is 0 Å². The molecule has 0 aliphatic heterocycles. The van der Waals surface area contributed by atoms with Crippen LogP contribution < -0.4 is 9.47 Å². The van der Waals surface area contributed by atoms with Crippen LogP contribution in [0.3, 0.4) is 0 Å². The number of hydrogen-bond donors (Lipinski definition) is 0. The number of alkyl halides is 3. The zero-order valence-corrected chi connectivity index (χ0v) is 10.8. The molecule has 0 unspecified atom stereocenters. The lowest BCUT2D eigenvalue weighted by Gasteiger charge is -2.13. The minimum atomic E-state index is -4.55. The number of fused-ring (bicyclic) bond motifs is 1. The lowest BCUT2D eigenvalue weighted by molar-refractivity contribution is -0.137. The van der Waals surface area contributed by atoms with E-state index in [0.717, 1.165) is 0 Å². The second-order valence-electron chi connectivity index (χ2n) is 3.71. The molecule has 0 saturated carbocycles. The second-order valence-corrected chi connectivity index (χ2v) is 4.09. The molecule has 1 aromatic carbocycles. The van der Waals surface area contributed by atoms with Gasteiger partial charge in [0.25, 0.3) is 0 Å². The smallest absolute Gasteiger partial charge is 0.419 e. The van der Waals surface area contributed by atoms with Gasteiger partial charge in [0, 0.05) is 17.6 Å². The number of benzene rings is 1. The molecule has 0 radical (unpaired) electrons. The maximum Gasteiger partial charge on any atom is 0.419 e. The second kappa shape index (κ2) is 4.77. The molecular formula is C12H9ClF3NO2.